The lowest BCUT2D eigenvalue weighted by Gasteiger charge is -2.35. The number of hydrogen-bond donors (Lipinski definition) is 4. The van der Waals surface area contributed by atoms with Gasteiger partial charge in [-0.1, -0.05) is 102 Å². The van der Waals surface area contributed by atoms with Crippen LogP contribution < -0.4 is 21.3 Å². The molecule has 26 heteroatoms. The number of carbonyl (C=O) groups is 11. The number of hydrogen-bond acceptors (Lipinski definition) is 11. The number of aryl methyl sites for hydroxylation is 1. The second-order valence-electron chi connectivity index (χ2n) is 26.2. The van der Waals surface area contributed by atoms with Gasteiger partial charge in [0.15, 0.2) is 0 Å². The molecule has 2 aliphatic heterocycles. The topological polar surface area (TPSA) is 259 Å². The molecule has 5 rings (SSSR count). The zero-order chi connectivity index (χ0) is 69.0. The molecule has 3 fully saturated rings. The fourth-order valence-corrected chi connectivity index (χ4v) is 12.3. The third-order valence-electron chi connectivity index (χ3n) is 18.3. The maximum Gasteiger partial charge on any atom is 0.416 e. The summed E-state index contributed by atoms with van der Waals surface area (Å²) in [5.74, 6) is -6.69. The second-order valence-corrected chi connectivity index (χ2v) is 26.6. The van der Waals surface area contributed by atoms with Crippen molar-refractivity contribution in [1.29, 1.82) is 0 Å². The van der Waals surface area contributed by atoms with Crippen LogP contribution in [0.1, 0.15) is 148 Å². The number of benzene rings is 2. The molecule has 3 aliphatic rings. The smallest absolute Gasteiger partial charge is 0.354 e. The lowest BCUT2D eigenvalue weighted by molar-refractivity contribution is -0.148. The van der Waals surface area contributed by atoms with Crippen molar-refractivity contribution >= 4 is 76.6 Å². The molecule has 0 unspecified atom stereocenters. The molecule has 1 aliphatic carbocycles. The normalized spacial score (nSPS) is 24.8. The van der Waals surface area contributed by atoms with Crippen molar-refractivity contribution in [3.8, 4) is 0 Å². The van der Waals surface area contributed by atoms with Gasteiger partial charge in [-0.25, -0.2) is 0 Å². The van der Waals surface area contributed by atoms with Gasteiger partial charge in [0.1, 0.15) is 36.3 Å². The highest BCUT2D eigenvalue weighted by Gasteiger charge is 2.41. The highest BCUT2D eigenvalue weighted by atomic mass is 35.5. The summed E-state index contributed by atoms with van der Waals surface area (Å²) in [6.07, 6.45) is 2.21. The lowest BCUT2D eigenvalue weighted by atomic mass is 9.84. The van der Waals surface area contributed by atoms with E-state index in [1.807, 2.05) is 20.8 Å². The lowest BCUT2D eigenvalue weighted by Crippen LogP contribution is -2.58. The molecular weight excluding hydrogens is 1230 g/mol. The Morgan fingerprint density at radius 1 is 0.591 bits per heavy atom. The Kier molecular flexibility index (Phi) is 29.4. The molecule has 0 bridgehead atoms. The molecule has 93 heavy (non-hydrogen) atoms. The molecule has 0 spiro atoms. The van der Waals surface area contributed by atoms with Crippen molar-refractivity contribution in [2.45, 2.75) is 192 Å². The SMILES string of the molecule is CC[C@H](C)[C@@H]1NC(=O)[C@H](CC2CCCCC2)N(C)C(=O)C[C@@H](C)NC(=O)[C@H](CC(C)C)N(C)C(=O)CCCCNC(=O)[C@@H]2CCCN2C(=O)[C@H](CCc2ccc(C(F)(F)F)cc2)NC(=O)CN(C)C(=O)[C@H](Cc2ccc(Cl)cc2)N(C)C(=O)CN(C)C(=O)CN(C)C1=O. The van der Waals surface area contributed by atoms with Crippen molar-refractivity contribution in [2.75, 3.05) is 75.0 Å². The summed E-state index contributed by atoms with van der Waals surface area (Å²) >= 11 is 6.21. The Morgan fingerprint density at radius 3 is 1.81 bits per heavy atom. The Hall–Kier alpha value is -7.31. The summed E-state index contributed by atoms with van der Waals surface area (Å²) in [4.78, 5) is 166. The zero-order valence-corrected chi connectivity index (χ0v) is 56.8. The number of fused-ring (bicyclic) bond motifs is 1. The summed E-state index contributed by atoms with van der Waals surface area (Å²) in [5, 5.41) is 11.9. The molecule has 2 heterocycles. The van der Waals surface area contributed by atoms with Crippen molar-refractivity contribution in [1.82, 2.24) is 55.6 Å². The summed E-state index contributed by atoms with van der Waals surface area (Å²) in [6, 6.07) is 3.56. The van der Waals surface area contributed by atoms with Gasteiger partial charge >= 0.3 is 6.18 Å². The molecule has 1 saturated carbocycles. The van der Waals surface area contributed by atoms with Gasteiger partial charge in [0, 0.05) is 85.7 Å². The van der Waals surface area contributed by atoms with Crippen LogP contribution in [0.4, 0.5) is 13.2 Å². The molecule has 2 saturated heterocycles. The van der Waals surface area contributed by atoms with Gasteiger partial charge < -0.3 is 55.6 Å². The largest absolute Gasteiger partial charge is 0.416 e. The average molecular weight is 1330 g/mol. The molecule has 0 aromatic heterocycles. The molecule has 22 nitrogen and oxygen atoms in total. The van der Waals surface area contributed by atoms with Crippen molar-refractivity contribution in [3.05, 3.63) is 70.2 Å². The fraction of sp³-hybridized carbons (Fsp3) is 0.657. The summed E-state index contributed by atoms with van der Waals surface area (Å²) in [6.45, 7) is 7.70. The first-order valence-electron chi connectivity index (χ1n) is 32.7. The van der Waals surface area contributed by atoms with Gasteiger partial charge in [-0.15, -0.1) is 0 Å². The van der Waals surface area contributed by atoms with E-state index in [-0.39, 0.29) is 69.4 Å². The molecule has 516 valence electrons. The molecule has 11 amide bonds. The molecule has 2 aromatic rings. The number of amides is 11. The third-order valence-corrected chi connectivity index (χ3v) is 18.6. The van der Waals surface area contributed by atoms with Gasteiger partial charge in [-0.2, -0.15) is 13.2 Å². The first-order valence-corrected chi connectivity index (χ1v) is 33.1. The van der Waals surface area contributed by atoms with E-state index in [4.69, 9.17) is 11.6 Å². The van der Waals surface area contributed by atoms with Gasteiger partial charge in [-0.3, -0.25) is 52.7 Å². The minimum atomic E-state index is -4.60. The maximum atomic E-state index is 14.7. The summed E-state index contributed by atoms with van der Waals surface area (Å²) < 4.78 is 40.6. The Labute approximate surface area is 551 Å². The van der Waals surface area contributed by atoms with E-state index in [0.717, 1.165) is 63.8 Å². The maximum absolute atomic E-state index is 14.7. The van der Waals surface area contributed by atoms with Crippen LogP contribution in [0.15, 0.2) is 48.5 Å². The van der Waals surface area contributed by atoms with Crippen LogP contribution in [0.2, 0.25) is 5.02 Å². The van der Waals surface area contributed by atoms with Gasteiger partial charge in [0.05, 0.1) is 25.2 Å². The molecule has 4 N–H and O–H groups in total. The Morgan fingerprint density at radius 2 is 1.18 bits per heavy atom. The third kappa shape index (κ3) is 22.7. The number of halogens is 4. The quantitative estimate of drug-likeness (QED) is 0.215. The highest BCUT2D eigenvalue weighted by Crippen LogP contribution is 2.31. The van der Waals surface area contributed by atoms with E-state index in [0.29, 0.717) is 54.7 Å². The standard InChI is InChI=1S/C67H99ClF3N11O11/c1-12-43(4)60-66(93)78(8)40-58(86)76(6)41-59(87)81(11)54(38-47-25-30-49(68)31-26-47)65(92)77(7)39-55(83)74-50(32-27-45-23-28-48(29-24-45)67(69,70)71)64(91)82-34-18-21-51(82)61(88)72-33-17-16-22-56(84)79(9)52(35-42(2)3)62(89)73-44(5)36-57(85)80(10)53(63(90)75-60)37-46-19-14-13-15-20-46/h23-26,28-31,42-44,46,50-54,60H,12-22,27,32-41H2,1-11H3,(H,72,88)(H,73,89)(H,74,83)(H,75,90)/t43-,44+,50-,51-,52-,53-,54-,60-/m0/s1. The van der Waals surface area contributed by atoms with Crippen molar-refractivity contribution in [3.63, 3.8) is 0 Å². The monoisotopic (exact) mass is 1330 g/mol. The molecule has 8 atom stereocenters. The zero-order valence-electron chi connectivity index (χ0n) is 56.1. The van der Waals surface area contributed by atoms with E-state index in [1.54, 1.807) is 45.2 Å². The summed E-state index contributed by atoms with van der Waals surface area (Å²) in [7, 11) is 8.54. The minimum absolute atomic E-state index is 0.0153. The first kappa shape index (κ1) is 76.4. The van der Waals surface area contributed by atoms with E-state index in [9.17, 15) is 65.9 Å². The molecular formula is C67H99ClF3N11O11. The molecule has 0 radical (unpaired) electrons. The van der Waals surface area contributed by atoms with E-state index < -0.39 is 139 Å². The number of likely N-dealkylation sites (N-methyl/N-ethyl adjacent to an activating group) is 6. The van der Waals surface area contributed by atoms with E-state index >= 15 is 0 Å². The van der Waals surface area contributed by atoms with Crippen LogP contribution in [-0.2, 0) is 71.8 Å². The minimum Gasteiger partial charge on any atom is -0.354 e. The van der Waals surface area contributed by atoms with Crippen LogP contribution in [0, 0.1) is 17.8 Å². The predicted octanol–water partition coefficient (Wildman–Crippen LogP) is 5.61. The number of carbonyl (C=O) groups excluding carboxylic acids is 11. The second kappa shape index (κ2) is 35.8. The number of alkyl halides is 3. The predicted molar refractivity (Wildman–Crippen MR) is 345 cm³/mol. The van der Waals surface area contributed by atoms with Crippen LogP contribution in [-0.4, -0.2) is 217 Å². The fourth-order valence-electron chi connectivity index (χ4n) is 12.2. The number of rotatable bonds is 11. The van der Waals surface area contributed by atoms with Gasteiger partial charge in [0.2, 0.25) is 65.0 Å². The van der Waals surface area contributed by atoms with Crippen LogP contribution in [0.3, 0.4) is 0 Å². The number of nitrogens with one attached hydrogen (secondary N) is 4. The van der Waals surface area contributed by atoms with Gasteiger partial charge in [0.25, 0.3) is 0 Å². The first-order chi connectivity index (χ1) is 43.8. The Bertz CT molecular complexity index is 2910. The van der Waals surface area contributed by atoms with E-state index in [1.165, 1.54) is 62.1 Å². The Balaban J connectivity index is 1.47. The van der Waals surface area contributed by atoms with Crippen molar-refractivity contribution in [2.24, 2.45) is 17.8 Å². The van der Waals surface area contributed by atoms with Crippen LogP contribution in [0.25, 0.3) is 0 Å². The molecule has 2 aromatic carbocycles. The van der Waals surface area contributed by atoms with Gasteiger partial charge in [-0.05, 0) is 111 Å². The van der Waals surface area contributed by atoms with Crippen LogP contribution >= 0.6 is 11.6 Å². The number of nitrogens with zero attached hydrogens (tertiary/aromatic N) is 7. The van der Waals surface area contributed by atoms with Crippen LogP contribution in [0.5, 0.6) is 0 Å². The highest BCUT2D eigenvalue weighted by molar-refractivity contribution is 6.30. The average Bonchev–Trinajstić information content (AvgIpc) is 1.95. The van der Waals surface area contributed by atoms with Crippen molar-refractivity contribution < 1.29 is 65.9 Å². The van der Waals surface area contributed by atoms with E-state index in [2.05, 4.69) is 21.3 Å². The summed E-state index contributed by atoms with van der Waals surface area (Å²) in [5.41, 5.74) is 0.133.